The van der Waals surface area contributed by atoms with Crippen LogP contribution < -0.4 is 10.1 Å². The Hall–Kier alpha value is -0.840. The van der Waals surface area contributed by atoms with Gasteiger partial charge in [0, 0.05) is 23.1 Å². The number of aromatic nitrogens is 2. The molecule has 18 heavy (non-hydrogen) atoms. The van der Waals surface area contributed by atoms with Gasteiger partial charge in [-0.05, 0) is 33.6 Å². The summed E-state index contributed by atoms with van der Waals surface area (Å²) < 4.78 is 5.58. The van der Waals surface area contributed by atoms with E-state index in [1.807, 2.05) is 26.8 Å². The third-order valence-electron chi connectivity index (χ3n) is 2.37. The van der Waals surface area contributed by atoms with Crippen LogP contribution in [0.25, 0.3) is 0 Å². The molecule has 0 fully saturated rings. The Bertz CT molecular complexity index is 371. The first kappa shape index (κ1) is 15.2. The van der Waals surface area contributed by atoms with Gasteiger partial charge in [-0.15, -0.1) is 0 Å². The smallest absolute Gasteiger partial charge is 0.226 e. The largest absolute Gasteiger partial charge is 0.475 e. The SMILES string of the molecule is CCC(Br)CCNc1nc(C)cc(OC(C)C)n1. The number of rotatable bonds is 7. The second kappa shape index (κ2) is 7.56. The zero-order valence-electron chi connectivity index (χ0n) is 11.5. The third-order valence-corrected chi connectivity index (χ3v) is 3.48. The number of nitrogens with zero attached hydrogens (tertiary/aromatic N) is 2. The molecule has 1 aromatic rings. The van der Waals surface area contributed by atoms with Crippen molar-refractivity contribution < 1.29 is 4.74 Å². The summed E-state index contributed by atoms with van der Waals surface area (Å²) in [5.74, 6) is 1.27. The number of aryl methyl sites for hydroxylation is 1. The van der Waals surface area contributed by atoms with Crippen LogP contribution in [0.2, 0.25) is 0 Å². The van der Waals surface area contributed by atoms with E-state index in [1.54, 1.807) is 0 Å². The quantitative estimate of drug-likeness (QED) is 0.782. The molecule has 0 aliphatic rings. The van der Waals surface area contributed by atoms with Crippen molar-refractivity contribution in [1.82, 2.24) is 9.97 Å². The van der Waals surface area contributed by atoms with Crippen molar-refractivity contribution in [2.24, 2.45) is 0 Å². The lowest BCUT2D eigenvalue weighted by atomic mass is 10.2. The predicted octanol–water partition coefficient (Wildman–Crippen LogP) is 3.55. The monoisotopic (exact) mass is 315 g/mol. The Morgan fingerprint density at radius 2 is 2.11 bits per heavy atom. The molecular weight excluding hydrogens is 294 g/mol. The summed E-state index contributed by atoms with van der Waals surface area (Å²) in [5, 5.41) is 3.23. The topological polar surface area (TPSA) is 47.0 Å². The van der Waals surface area contributed by atoms with Crippen molar-refractivity contribution in [2.45, 2.75) is 51.5 Å². The zero-order chi connectivity index (χ0) is 13.5. The van der Waals surface area contributed by atoms with Crippen molar-refractivity contribution in [2.75, 3.05) is 11.9 Å². The van der Waals surface area contributed by atoms with Crippen LogP contribution in [0.4, 0.5) is 5.95 Å². The second-order valence-electron chi connectivity index (χ2n) is 4.56. The third kappa shape index (κ3) is 5.67. The molecule has 0 saturated heterocycles. The maximum Gasteiger partial charge on any atom is 0.226 e. The average Bonchev–Trinajstić information content (AvgIpc) is 2.27. The fraction of sp³-hybridized carbons (Fsp3) is 0.692. The van der Waals surface area contributed by atoms with Gasteiger partial charge in [-0.3, -0.25) is 0 Å². The molecule has 1 unspecified atom stereocenters. The van der Waals surface area contributed by atoms with Gasteiger partial charge in [0.25, 0.3) is 0 Å². The highest BCUT2D eigenvalue weighted by atomic mass is 79.9. The molecule has 0 aliphatic heterocycles. The number of alkyl halides is 1. The minimum Gasteiger partial charge on any atom is -0.475 e. The van der Waals surface area contributed by atoms with E-state index in [1.165, 1.54) is 0 Å². The maximum absolute atomic E-state index is 5.58. The first-order valence-corrected chi connectivity index (χ1v) is 7.33. The Balaban J connectivity index is 2.57. The molecule has 1 rings (SSSR count). The molecule has 0 bridgehead atoms. The van der Waals surface area contributed by atoms with Crippen LogP contribution in [0.15, 0.2) is 6.07 Å². The highest BCUT2D eigenvalue weighted by Gasteiger charge is 2.05. The number of ether oxygens (including phenoxy) is 1. The fourth-order valence-electron chi connectivity index (χ4n) is 1.47. The van der Waals surface area contributed by atoms with Crippen molar-refractivity contribution in [3.63, 3.8) is 0 Å². The van der Waals surface area contributed by atoms with Crippen molar-refractivity contribution in [1.29, 1.82) is 0 Å². The van der Waals surface area contributed by atoms with Gasteiger partial charge in [-0.25, -0.2) is 4.98 Å². The Labute approximate surface area is 118 Å². The van der Waals surface area contributed by atoms with Crippen LogP contribution in [0, 0.1) is 6.92 Å². The molecule has 0 amide bonds. The molecule has 102 valence electrons. The lowest BCUT2D eigenvalue weighted by molar-refractivity contribution is 0.232. The second-order valence-corrected chi connectivity index (χ2v) is 5.85. The number of halogens is 1. The molecule has 0 saturated carbocycles. The van der Waals surface area contributed by atoms with Crippen LogP contribution >= 0.6 is 15.9 Å². The van der Waals surface area contributed by atoms with Crippen LogP contribution in [-0.4, -0.2) is 27.4 Å². The summed E-state index contributed by atoms with van der Waals surface area (Å²) in [4.78, 5) is 9.23. The van der Waals surface area contributed by atoms with Gasteiger partial charge in [0.05, 0.1) is 6.10 Å². The predicted molar refractivity (Wildman–Crippen MR) is 78.6 cm³/mol. The normalized spacial score (nSPS) is 12.6. The van der Waals surface area contributed by atoms with E-state index >= 15 is 0 Å². The maximum atomic E-state index is 5.58. The number of hydrogen-bond donors (Lipinski definition) is 1. The van der Waals surface area contributed by atoms with Gasteiger partial charge in [0.1, 0.15) is 0 Å². The fourth-order valence-corrected chi connectivity index (χ4v) is 1.69. The zero-order valence-corrected chi connectivity index (χ0v) is 13.1. The van der Waals surface area contributed by atoms with E-state index in [4.69, 9.17) is 4.74 Å². The van der Waals surface area contributed by atoms with E-state index in [-0.39, 0.29) is 6.10 Å². The van der Waals surface area contributed by atoms with E-state index in [9.17, 15) is 0 Å². The van der Waals surface area contributed by atoms with Gasteiger partial charge in [0.15, 0.2) is 0 Å². The summed E-state index contributed by atoms with van der Waals surface area (Å²) in [6, 6.07) is 1.85. The van der Waals surface area contributed by atoms with Crippen LogP contribution in [0.3, 0.4) is 0 Å². The summed E-state index contributed by atoms with van der Waals surface area (Å²) in [6.45, 7) is 8.94. The molecule has 4 nitrogen and oxygen atoms in total. The summed E-state index contributed by atoms with van der Waals surface area (Å²) >= 11 is 3.61. The molecule has 1 atom stereocenters. The van der Waals surface area contributed by atoms with Gasteiger partial charge >= 0.3 is 0 Å². The average molecular weight is 316 g/mol. The Morgan fingerprint density at radius 1 is 1.39 bits per heavy atom. The van der Waals surface area contributed by atoms with Crippen molar-refractivity contribution >= 4 is 21.9 Å². The molecule has 1 aromatic heterocycles. The summed E-state index contributed by atoms with van der Waals surface area (Å²) in [5.41, 5.74) is 0.911. The molecule has 0 radical (unpaired) electrons. The van der Waals surface area contributed by atoms with Gasteiger partial charge in [-0.1, -0.05) is 22.9 Å². The summed E-state index contributed by atoms with van der Waals surface area (Å²) in [7, 11) is 0. The molecule has 0 aliphatic carbocycles. The molecule has 1 N–H and O–H groups in total. The Morgan fingerprint density at radius 3 is 2.72 bits per heavy atom. The van der Waals surface area contributed by atoms with E-state index in [0.29, 0.717) is 16.7 Å². The van der Waals surface area contributed by atoms with E-state index in [0.717, 1.165) is 25.1 Å². The lowest BCUT2D eigenvalue weighted by Gasteiger charge is -2.12. The van der Waals surface area contributed by atoms with Gasteiger partial charge < -0.3 is 10.1 Å². The minimum atomic E-state index is 0.124. The van der Waals surface area contributed by atoms with Gasteiger partial charge in [0.2, 0.25) is 11.8 Å². The van der Waals surface area contributed by atoms with E-state index in [2.05, 4.69) is 38.1 Å². The number of nitrogens with one attached hydrogen (secondary N) is 1. The first-order valence-electron chi connectivity index (χ1n) is 6.41. The van der Waals surface area contributed by atoms with Crippen LogP contribution in [0.5, 0.6) is 5.88 Å². The first-order chi connectivity index (χ1) is 8.51. The lowest BCUT2D eigenvalue weighted by Crippen LogP contribution is -2.12. The van der Waals surface area contributed by atoms with Gasteiger partial charge in [-0.2, -0.15) is 4.98 Å². The van der Waals surface area contributed by atoms with Crippen molar-refractivity contribution in [3.8, 4) is 5.88 Å². The number of anilines is 1. The summed E-state index contributed by atoms with van der Waals surface area (Å²) in [6.07, 6.45) is 2.30. The van der Waals surface area contributed by atoms with E-state index < -0.39 is 0 Å². The molecule has 0 spiro atoms. The van der Waals surface area contributed by atoms with Crippen molar-refractivity contribution in [3.05, 3.63) is 11.8 Å². The molecule has 0 aromatic carbocycles. The molecular formula is C13H22BrN3O. The van der Waals surface area contributed by atoms with Crippen LogP contribution in [-0.2, 0) is 0 Å². The minimum absolute atomic E-state index is 0.124. The van der Waals surface area contributed by atoms with Crippen LogP contribution in [0.1, 0.15) is 39.3 Å². The highest BCUT2D eigenvalue weighted by Crippen LogP contribution is 2.14. The molecule has 5 heteroatoms. The number of hydrogen-bond acceptors (Lipinski definition) is 4. The molecule has 1 heterocycles. The Kier molecular flexibility index (Phi) is 6.39. The highest BCUT2D eigenvalue weighted by molar-refractivity contribution is 9.09. The standard InChI is InChI=1S/C13H22BrN3O/c1-5-11(14)6-7-15-13-16-10(4)8-12(17-13)18-9(2)3/h8-9,11H,5-7H2,1-4H3,(H,15,16,17).